The van der Waals surface area contributed by atoms with E-state index in [0.717, 1.165) is 16.1 Å². The number of allylic oxidation sites excluding steroid dienone is 1. The second-order valence-corrected chi connectivity index (χ2v) is 10.3. The molecule has 35 heavy (non-hydrogen) atoms. The highest BCUT2D eigenvalue weighted by Crippen LogP contribution is 2.32. The molecule has 8 heteroatoms. The Hall–Kier alpha value is -3.91. The van der Waals surface area contributed by atoms with Crippen LogP contribution < -0.4 is 4.90 Å². The fourth-order valence-electron chi connectivity index (χ4n) is 3.87. The minimum Gasteiger partial charge on any atom is -0.383 e. The Labute approximate surface area is 206 Å². The number of benzene rings is 2. The van der Waals surface area contributed by atoms with Crippen LogP contribution in [-0.2, 0) is 16.4 Å². The van der Waals surface area contributed by atoms with Crippen LogP contribution in [0.1, 0.15) is 15.9 Å². The first-order valence-electron chi connectivity index (χ1n) is 11.2. The predicted octanol–water partition coefficient (Wildman–Crippen LogP) is 4.21. The number of aromatic nitrogens is 2. The molecule has 2 heterocycles. The van der Waals surface area contributed by atoms with Crippen molar-refractivity contribution >= 4 is 32.5 Å². The Bertz CT molecular complexity index is 1460. The number of hydrogen-bond donors (Lipinski definition) is 0. The summed E-state index contributed by atoms with van der Waals surface area (Å²) in [5.74, 6) is -0.295. The van der Waals surface area contributed by atoms with E-state index in [1.54, 1.807) is 35.5 Å². The maximum Gasteiger partial charge on any atom is 0.269 e. The van der Waals surface area contributed by atoms with Gasteiger partial charge >= 0.3 is 0 Å². The van der Waals surface area contributed by atoms with Crippen LogP contribution in [0.2, 0.25) is 0 Å². The van der Waals surface area contributed by atoms with Gasteiger partial charge in [-0.3, -0.25) is 4.79 Å². The van der Waals surface area contributed by atoms with Gasteiger partial charge in [-0.25, -0.2) is 17.4 Å². The SMILES string of the molecule is CN(C)/C=C/C(=O)c1cn(S(=O)(=O)c2ccccc2)c2nccc(N(C)CCc3ccccc3)c12. The molecule has 2 aromatic carbocycles. The first kappa shape index (κ1) is 24.2. The molecule has 0 aliphatic heterocycles. The number of hydrogen-bond acceptors (Lipinski definition) is 6. The lowest BCUT2D eigenvalue weighted by Gasteiger charge is -2.21. The van der Waals surface area contributed by atoms with Crippen molar-refractivity contribution in [3.8, 4) is 0 Å². The first-order chi connectivity index (χ1) is 16.8. The molecular weight excluding hydrogens is 460 g/mol. The van der Waals surface area contributed by atoms with E-state index in [-0.39, 0.29) is 21.9 Å². The molecule has 2 aromatic heterocycles. The summed E-state index contributed by atoms with van der Waals surface area (Å²) < 4.78 is 28.1. The molecule has 4 rings (SSSR count). The number of nitrogens with zero attached hydrogens (tertiary/aromatic N) is 4. The second kappa shape index (κ2) is 10.1. The van der Waals surface area contributed by atoms with E-state index < -0.39 is 10.0 Å². The number of anilines is 1. The average Bonchev–Trinajstić information content (AvgIpc) is 3.28. The maximum atomic E-state index is 13.5. The zero-order valence-corrected chi connectivity index (χ0v) is 20.8. The molecule has 0 aliphatic rings. The molecule has 4 aromatic rings. The third-order valence-electron chi connectivity index (χ3n) is 5.71. The Morgan fingerprint density at radius 1 is 0.971 bits per heavy atom. The number of ketones is 1. The molecule has 0 spiro atoms. The number of pyridine rings is 1. The molecule has 0 N–H and O–H groups in total. The second-order valence-electron chi connectivity index (χ2n) is 8.49. The molecule has 0 aliphatic carbocycles. The molecular formula is C27H28N4O3S. The molecule has 7 nitrogen and oxygen atoms in total. The Morgan fingerprint density at radius 3 is 2.29 bits per heavy atom. The highest BCUT2D eigenvalue weighted by Gasteiger charge is 2.26. The first-order valence-corrected chi connectivity index (χ1v) is 12.7. The van der Waals surface area contributed by atoms with Gasteiger partial charge in [-0.05, 0) is 30.2 Å². The van der Waals surface area contributed by atoms with E-state index in [0.29, 0.717) is 11.9 Å². The summed E-state index contributed by atoms with van der Waals surface area (Å²) >= 11 is 0. The summed E-state index contributed by atoms with van der Waals surface area (Å²) in [6.07, 6.45) is 6.85. The smallest absolute Gasteiger partial charge is 0.269 e. The molecule has 0 amide bonds. The highest BCUT2D eigenvalue weighted by molar-refractivity contribution is 7.90. The molecule has 0 atom stereocenters. The standard InChI is InChI=1S/C27H28N4O3S/c1-29(2)18-16-25(32)23-20-31(35(33,34)22-12-8-5-9-13-22)27-26(23)24(14-17-28-27)30(3)19-15-21-10-6-4-7-11-21/h4-14,16-18,20H,15,19H2,1-3H3/b18-16+. The third kappa shape index (κ3) is 5.12. The van der Waals surface area contributed by atoms with Crippen LogP contribution in [-0.4, -0.2) is 55.7 Å². The van der Waals surface area contributed by atoms with E-state index in [4.69, 9.17) is 0 Å². The summed E-state index contributed by atoms with van der Waals surface area (Å²) in [5, 5.41) is 0.510. The monoisotopic (exact) mass is 488 g/mol. The van der Waals surface area contributed by atoms with Gasteiger partial charge in [0.1, 0.15) is 0 Å². The Balaban J connectivity index is 1.85. The highest BCUT2D eigenvalue weighted by atomic mass is 32.2. The van der Waals surface area contributed by atoms with Crippen molar-refractivity contribution in [2.75, 3.05) is 32.6 Å². The number of likely N-dealkylation sites (N-methyl/N-ethyl adjacent to an activating group) is 1. The van der Waals surface area contributed by atoms with Gasteiger partial charge in [0.05, 0.1) is 15.8 Å². The molecule has 0 fully saturated rings. The van der Waals surface area contributed by atoms with E-state index >= 15 is 0 Å². The van der Waals surface area contributed by atoms with Crippen LogP contribution in [0.5, 0.6) is 0 Å². The topological polar surface area (TPSA) is 75.5 Å². The van der Waals surface area contributed by atoms with Gasteiger partial charge in [-0.1, -0.05) is 48.5 Å². The van der Waals surface area contributed by atoms with Crippen LogP contribution >= 0.6 is 0 Å². The van der Waals surface area contributed by atoms with Crippen LogP contribution in [0, 0.1) is 0 Å². The van der Waals surface area contributed by atoms with Crippen molar-refractivity contribution in [1.82, 2.24) is 13.9 Å². The minimum absolute atomic E-state index is 0.129. The van der Waals surface area contributed by atoms with E-state index in [9.17, 15) is 13.2 Å². The zero-order valence-electron chi connectivity index (χ0n) is 20.0. The lowest BCUT2D eigenvalue weighted by atomic mass is 10.1. The number of fused-ring (bicyclic) bond motifs is 1. The normalized spacial score (nSPS) is 11.7. The summed E-state index contributed by atoms with van der Waals surface area (Å²) in [4.78, 5) is 21.5. The lowest BCUT2D eigenvalue weighted by molar-refractivity contribution is 0.104. The summed E-state index contributed by atoms with van der Waals surface area (Å²) in [7, 11) is 1.61. The third-order valence-corrected chi connectivity index (χ3v) is 7.38. The number of carbonyl (C=O) groups excluding carboxylic acids is 1. The van der Waals surface area contributed by atoms with Crippen molar-refractivity contribution in [2.45, 2.75) is 11.3 Å². The van der Waals surface area contributed by atoms with Gasteiger partial charge in [0, 0.05) is 58.0 Å². The van der Waals surface area contributed by atoms with Crippen LogP contribution in [0.25, 0.3) is 11.0 Å². The molecule has 0 bridgehead atoms. The molecule has 0 unspecified atom stereocenters. The molecule has 0 saturated heterocycles. The van der Waals surface area contributed by atoms with Crippen LogP contribution in [0.15, 0.2) is 96.3 Å². The van der Waals surface area contributed by atoms with Crippen LogP contribution in [0.3, 0.4) is 0 Å². The van der Waals surface area contributed by atoms with Gasteiger partial charge in [-0.2, -0.15) is 0 Å². The average molecular weight is 489 g/mol. The summed E-state index contributed by atoms with van der Waals surface area (Å²) in [5.41, 5.74) is 2.44. The molecule has 180 valence electrons. The quantitative estimate of drug-likeness (QED) is 0.260. The number of rotatable bonds is 9. The van der Waals surface area contributed by atoms with E-state index in [1.807, 2.05) is 50.3 Å². The Kier molecular flexibility index (Phi) is 7.02. The van der Waals surface area contributed by atoms with Crippen molar-refractivity contribution in [3.63, 3.8) is 0 Å². The maximum absolute atomic E-state index is 13.5. The number of carbonyl (C=O) groups is 1. The Morgan fingerprint density at radius 2 is 1.63 bits per heavy atom. The van der Waals surface area contributed by atoms with Gasteiger partial charge in [-0.15, -0.1) is 0 Å². The fourth-order valence-corrected chi connectivity index (χ4v) is 5.21. The van der Waals surface area contributed by atoms with Crippen molar-refractivity contribution < 1.29 is 13.2 Å². The largest absolute Gasteiger partial charge is 0.383 e. The fraction of sp³-hybridized carbons (Fsp3) is 0.185. The van der Waals surface area contributed by atoms with E-state index in [2.05, 4.69) is 17.1 Å². The predicted molar refractivity (Wildman–Crippen MR) is 139 cm³/mol. The van der Waals surface area contributed by atoms with Gasteiger partial charge in [0.15, 0.2) is 11.4 Å². The van der Waals surface area contributed by atoms with Gasteiger partial charge < -0.3 is 9.80 Å². The summed E-state index contributed by atoms with van der Waals surface area (Å²) in [6.45, 7) is 0.681. The van der Waals surface area contributed by atoms with Gasteiger partial charge in [0.2, 0.25) is 0 Å². The van der Waals surface area contributed by atoms with Gasteiger partial charge in [0.25, 0.3) is 10.0 Å². The van der Waals surface area contributed by atoms with Crippen LogP contribution in [0.4, 0.5) is 5.69 Å². The van der Waals surface area contributed by atoms with Crippen molar-refractivity contribution in [2.24, 2.45) is 0 Å². The van der Waals surface area contributed by atoms with Crippen molar-refractivity contribution in [3.05, 3.63) is 103 Å². The zero-order chi connectivity index (χ0) is 25.0. The summed E-state index contributed by atoms with van der Waals surface area (Å²) in [6, 6.07) is 20.1. The minimum atomic E-state index is -3.96. The lowest BCUT2D eigenvalue weighted by Crippen LogP contribution is -2.21. The molecule has 0 radical (unpaired) electrons. The molecule has 0 saturated carbocycles. The van der Waals surface area contributed by atoms with E-state index in [1.165, 1.54) is 30.0 Å². The van der Waals surface area contributed by atoms with Crippen molar-refractivity contribution in [1.29, 1.82) is 0 Å².